The maximum absolute atomic E-state index is 13.1. The number of ketones is 1. The molecule has 1 unspecified atom stereocenters. The van der Waals surface area contributed by atoms with Crippen molar-refractivity contribution >= 4 is 11.8 Å². The summed E-state index contributed by atoms with van der Waals surface area (Å²) in [7, 11) is 0. The minimum absolute atomic E-state index is 0.0705. The molecule has 3 aliphatic carbocycles. The van der Waals surface area contributed by atoms with Crippen LogP contribution in [-0.2, 0) is 26.2 Å². The van der Waals surface area contributed by atoms with Crippen LogP contribution >= 0.6 is 0 Å². The molecule has 4 atom stereocenters. The number of phenols is 1. The minimum Gasteiger partial charge on any atom is -0.504 e. The fourth-order valence-electron chi connectivity index (χ4n) is 7.01. The predicted molar refractivity (Wildman–Crippen MR) is 110 cm³/mol. The first-order valence-corrected chi connectivity index (χ1v) is 11.6. The molecule has 5 aliphatic rings. The third kappa shape index (κ3) is 2.59. The van der Waals surface area contributed by atoms with Crippen molar-refractivity contribution in [3.8, 4) is 11.5 Å². The van der Waals surface area contributed by atoms with Crippen molar-refractivity contribution in [3.63, 3.8) is 0 Å². The zero-order chi connectivity index (χ0) is 21.4. The number of carboxylic acid groups (broad SMARTS) is 1. The Bertz CT molecular complexity index is 958. The smallest absolute Gasteiger partial charge is 0.303 e. The standard InChI is InChI=1S/C24H29NO6/c26-16-6-5-15-12-18-24(30-11-1-2-19(28)29)8-7-17(27)22-23(24,20(15)21(16)31-22)9-10-25(18)13-14-3-4-14/h5-6,14,18,22,26H,1-4,7-13H2,(H,28,29)/t18-,22+,23?,24-/m1/s1. The van der Waals surface area contributed by atoms with E-state index in [-0.39, 0.29) is 24.0 Å². The zero-order valence-corrected chi connectivity index (χ0v) is 17.6. The van der Waals surface area contributed by atoms with Crippen LogP contribution in [0.3, 0.4) is 0 Å². The molecular weight excluding hydrogens is 398 g/mol. The normalized spacial score (nSPS) is 35.5. The van der Waals surface area contributed by atoms with Crippen molar-refractivity contribution in [1.82, 2.24) is 4.90 Å². The highest BCUT2D eigenvalue weighted by Gasteiger charge is 2.74. The molecule has 2 bridgehead atoms. The van der Waals surface area contributed by atoms with Crippen molar-refractivity contribution in [3.05, 3.63) is 23.3 Å². The Morgan fingerprint density at radius 1 is 1.29 bits per heavy atom. The fraction of sp³-hybridized carbons (Fsp3) is 0.667. The molecule has 3 fully saturated rings. The van der Waals surface area contributed by atoms with Crippen molar-refractivity contribution < 1.29 is 29.3 Å². The van der Waals surface area contributed by atoms with Gasteiger partial charge in [0.25, 0.3) is 0 Å². The Kier molecular flexibility index (Phi) is 4.22. The van der Waals surface area contributed by atoms with Gasteiger partial charge in [0.1, 0.15) is 0 Å². The number of ether oxygens (including phenoxy) is 2. The second kappa shape index (κ2) is 6.69. The molecule has 0 aromatic heterocycles. The van der Waals surface area contributed by atoms with E-state index in [2.05, 4.69) is 4.90 Å². The highest BCUT2D eigenvalue weighted by atomic mass is 16.5. The summed E-state index contributed by atoms with van der Waals surface area (Å²) in [6.45, 7) is 2.30. The molecule has 1 spiro atoms. The molecule has 0 radical (unpaired) electrons. The van der Waals surface area contributed by atoms with Gasteiger partial charge in [0.05, 0.1) is 11.0 Å². The third-order valence-electron chi connectivity index (χ3n) is 8.41. The maximum Gasteiger partial charge on any atom is 0.303 e. The van der Waals surface area contributed by atoms with E-state index in [0.717, 1.165) is 43.0 Å². The first kappa shape index (κ1) is 19.6. The third-order valence-corrected chi connectivity index (χ3v) is 8.41. The Hall–Kier alpha value is -2.12. The predicted octanol–water partition coefficient (Wildman–Crippen LogP) is 2.41. The summed E-state index contributed by atoms with van der Waals surface area (Å²) in [4.78, 5) is 26.7. The lowest BCUT2D eigenvalue weighted by atomic mass is 9.48. The average Bonchev–Trinajstić information content (AvgIpc) is 3.48. The van der Waals surface area contributed by atoms with Crippen LogP contribution in [0.1, 0.15) is 56.1 Å². The molecule has 1 aromatic rings. The summed E-state index contributed by atoms with van der Waals surface area (Å²) in [5.74, 6) is 0.564. The van der Waals surface area contributed by atoms with Gasteiger partial charge in [-0.3, -0.25) is 14.5 Å². The minimum atomic E-state index is -0.822. The van der Waals surface area contributed by atoms with Crippen LogP contribution in [0.25, 0.3) is 0 Å². The number of phenolic OH excluding ortho intramolecular Hbond substituents is 1. The lowest BCUT2D eigenvalue weighted by Crippen LogP contribution is -2.77. The molecule has 2 aliphatic heterocycles. The topological polar surface area (TPSA) is 96.3 Å². The Balaban J connectivity index is 1.47. The van der Waals surface area contributed by atoms with E-state index >= 15 is 0 Å². The number of aliphatic carboxylic acids is 1. The van der Waals surface area contributed by atoms with Gasteiger partial charge < -0.3 is 19.7 Å². The van der Waals surface area contributed by atoms with E-state index in [4.69, 9.17) is 14.6 Å². The molecule has 2 saturated carbocycles. The van der Waals surface area contributed by atoms with Gasteiger partial charge in [0.15, 0.2) is 23.4 Å². The molecule has 0 amide bonds. The number of rotatable bonds is 7. The molecule has 2 N–H and O–H groups in total. The number of hydrogen-bond donors (Lipinski definition) is 2. The van der Waals surface area contributed by atoms with Crippen LogP contribution < -0.4 is 4.74 Å². The number of aromatic hydroxyl groups is 1. The van der Waals surface area contributed by atoms with E-state index in [1.54, 1.807) is 6.07 Å². The summed E-state index contributed by atoms with van der Waals surface area (Å²) in [5.41, 5.74) is 0.938. The number of Topliss-reactive ketones (excluding diaryl/α,β-unsaturated/α-hetero) is 1. The number of carbonyl (C=O) groups excluding carboxylic acids is 1. The Morgan fingerprint density at radius 2 is 2.13 bits per heavy atom. The molecule has 7 heteroatoms. The van der Waals surface area contributed by atoms with Crippen molar-refractivity contribution in [2.24, 2.45) is 5.92 Å². The first-order valence-electron chi connectivity index (χ1n) is 11.6. The first-order chi connectivity index (χ1) is 15.0. The molecule has 166 valence electrons. The summed E-state index contributed by atoms with van der Waals surface area (Å²) >= 11 is 0. The largest absolute Gasteiger partial charge is 0.504 e. The average molecular weight is 427 g/mol. The number of piperidine rings is 1. The van der Waals surface area contributed by atoms with Crippen LogP contribution in [0.2, 0.25) is 0 Å². The van der Waals surface area contributed by atoms with E-state index in [1.807, 2.05) is 6.07 Å². The van der Waals surface area contributed by atoms with Gasteiger partial charge in [-0.15, -0.1) is 0 Å². The van der Waals surface area contributed by atoms with Crippen LogP contribution in [0.15, 0.2) is 12.1 Å². The van der Waals surface area contributed by atoms with Crippen LogP contribution in [0, 0.1) is 5.92 Å². The molecule has 31 heavy (non-hydrogen) atoms. The van der Waals surface area contributed by atoms with Gasteiger partial charge in [-0.05, 0) is 62.6 Å². The van der Waals surface area contributed by atoms with Gasteiger partial charge in [-0.1, -0.05) is 6.07 Å². The zero-order valence-electron chi connectivity index (χ0n) is 17.6. The molecule has 1 aromatic carbocycles. The van der Waals surface area contributed by atoms with Crippen LogP contribution in [-0.4, -0.2) is 64.3 Å². The van der Waals surface area contributed by atoms with E-state index < -0.39 is 23.1 Å². The summed E-state index contributed by atoms with van der Waals surface area (Å²) in [6, 6.07) is 3.81. The number of carboxylic acids is 1. The summed E-state index contributed by atoms with van der Waals surface area (Å²) in [6.07, 6.45) is 5.02. The van der Waals surface area contributed by atoms with Gasteiger partial charge in [-0.25, -0.2) is 0 Å². The highest BCUT2D eigenvalue weighted by Crippen LogP contribution is 2.66. The molecule has 7 nitrogen and oxygen atoms in total. The maximum atomic E-state index is 13.1. The SMILES string of the molecule is O=C(O)CCCO[C@@]12CCC(=O)[C@@H]3Oc4c(O)ccc5c4C31CCN(CC1CC1)[C@@H]2C5. The lowest BCUT2D eigenvalue weighted by molar-refractivity contribution is -0.214. The second-order valence-corrected chi connectivity index (χ2v) is 10.0. The fourth-order valence-corrected chi connectivity index (χ4v) is 7.01. The van der Waals surface area contributed by atoms with Gasteiger partial charge in [0, 0.05) is 37.6 Å². The number of carbonyl (C=O) groups is 2. The quantitative estimate of drug-likeness (QED) is 0.645. The van der Waals surface area contributed by atoms with E-state index in [0.29, 0.717) is 31.6 Å². The van der Waals surface area contributed by atoms with Crippen molar-refractivity contribution in [1.29, 1.82) is 0 Å². The Morgan fingerprint density at radius 3 is 2.90 bits per heavy atom. The molecule has 6 rings (SSSR count). The highest BCUT2D eigenvalue weighted by molar-refractivity contribution is 5.90. The number of nitrogens with zero attached hydrogens (tertiary/aromatic N) is 1. The van der Waals surface area contributed by atoms with Gasteiger partial charge in [-0.2, -0.15) is 0 Å². The van der Waals surface area contributed by atoms with Crippen LogP contribution in [0.4, 0.5) is 0 Å². The molecule has 1 saturated heterocycles. The van der Waals surface area contributed by atoms with E-state index in [9.17, 15) is 14.7 Å². The monoisotopic (exact) mass is 427 g/mol. The van der Waals surface area contributed by atoms with E-state index in [1.165, 1.54) is 12.8 Å². The van der Waals surface area contributed by atoms with Gasteiger partial charge >= 0.3 is 5.97 Å². The number of likely N-dealkylation sites (tertiary alicyclic amines) is 1. The van der Waals surface area contributed by atoms with Gasteiger partial charge in [0.2, 0.25) is 0 Å². The number of benzene rings is 1. The molecule has 2 heterocycles. The van der Waals surface area contributed by atoms with Crippen molar-refractivity contribution in [2.75, 3.05) is 19.7 Å². The second-order valence-electron chi connectivity index (χ2n) is 10.0. The summed E-state index contributed by atoms with van der Waals surface area (Å²) in [5, 5.41) is 19.7. The van der Waals surface area contributed by atoms with Crippen LogP contribution in [0.5, 0.6) is 11.5 Å². The summed E-state index contributed by atoms with van der Waals surface area (Å²) < 4.78 is 13.0. The van der Waals surface area contributed by atoms with Crippen molar-refractivity contribution in [2.45, 2.75) is 74.5 Å². The lowest BCUT2D eigenvalue weighted by Gasteiger charge is -2.64. The molecular formula is C24H29NO6. The number of hydrogen-bond acceptors (Lipinski definition) is 6. The Labute approximate surface area is 181 Å².